The minimum atomic E-state index is -0.827. The van der Waals surface area contributed by atoms with Crippen LogP contribution in [-0.2, 0) is 4.79 Å². The van der Waals surface area contributed by atoms with Gasteiger partial charge in [-0.05, 0) is 12.8 Å². The Bertz CT molecular complexity index is 144. The van der Waals surface area contributed by atoms with E-state index in [9.17, 15) is 4.79 Å². The van der Waals surface area contributed by atoms with Gasteiger partial charge < -0.3 is 5.11 Å². The van der Waals surface area contributed by atoms with Crippen molar-refractivity contribution in [3.05, 3.63) is 0 Å². The van der Waals surface area contributed by atoms with Gasteiger partial charge in [-0.25, -0.2) is 4.79 Å². The molecule has 0 radical (unpaired) electrons. The Kier molecular flexibility index (Phi) is 1.67. The second-order valence-corrected chi connectivity index (χ2v) is 1.91. The third-order valence-electron chi connectivity index (χ3n) is 1.20. The fourth-order valence-corrected chi connectivity index (χ4v) is 0.692. The monoisotopic (exact) mass is 128 g/mol. The number of hydrogen-bond acceptors (Lipinski definition) is 3. The minimum absolute atomic E-state index is 0.477. The zero-order valence-electron chi connectivity index (χ0n) is 4.87. The lowest BCUT2D eigenvalue weighted by Gasteiger charge is -2.13. The molecule has 0 aromatic heterocycles. The summed E-state index contributed by atoms with van der Waals surface area (Å²) in [6.07, 6.45) is 3.07. The van der Waals surface area contributed by atoms with Crippen LogP contribution in [0.5, 0.6) is 0 Å². The molecule has 0 spiro atoms. The van der Waals surface area contributed by atoms with E-state index in [-0.39, 0.29) is 0 Å². The van der Waals surface area contributed by atoms with Gasteiger partial charge in [0.2, 0.25) is 0 Å². The Labute approximate surface area is 52.6 Å². The number of aliphatic carboxylic acids is 1. The van der Waals surface area contributed by atoms with Crippen LogP contribution in [0.2, 0.25) is 0 Å². The van der Waals surface area contributed by atoms with Crippen LogP contribution < -0.4 is 5.43 Å². The molecule has 0 aromatic rings. The molecule has 0 saturated heterocycles. The molecule has 0 aliphatic carbocycles. The van der Waals surface area contributed by atoms with Crippen molar-refractivity contribution in [2.45, 2.75) is 18.9 Å². The van der Waals surface area contributed by atoms with Crippen LogP contribution >= 0.6 is 0 Å². The minimum Gasteiger partial charge on any atom is -0.480 e. The first-order valence-electron chi connectivity index (χ1n) is 2.80. The van der Waals surface area contributed by atoms with E-state index in [1.807, 2.05) is 0 Å². The summed E-state index contributed by atoms with van der Waals surface area (Å²) in [4.78, 5) is 10.2. The van der Waals surface area contributed by atoms with E-state index in [2.05, 4.69) is 10.5 Å². The number of rotatable bonds is 1. The highest BCUT2D eigenvalue weighted by atomic mass is 16.4. The van der Waals surface area contributed by atoms with E-state index in [1.54, 1.807) is 6.21 Å². The zero-order valence-corrected chi connectivity index (χ0v) is 4.87. The second-order valence-electron chi connectivity index (χ2n) is 1.91. The van der Waals surface area contributed by atoms with Crippen molar-refractivity contribution in [3.63, 3.8) is 0 Å². The van der Waals surface area contributed by atoms with Crippen LogP contribution in [0, 0.1) is 0 Å². The summed E-state index contributed by atoms with van der Waals surface area (Å²) in [6.45, 7) is 0. The molecule has 2 N–H and O–H groups in total. The van der Waals surface area contributed by atoms with E-state index in [0.717, 1.165) is 6.42 Å². The predicted molar refractivity (Wildman–Crippen MR) is 32.3 cm³/mol. The molecule has 50 valence electrons. The molecule has 0 fully saturated rings. The molecule has 0 unspecified atom stereocenters. The van der Waals surface area contributed by atoms with Crippen molar-refractivity contribution < 1.29 is 9.90 Å². The number of nitrogens with zero attached hydrogens (tertiary/aromatic N) is 1. The maximum absolute atomic E-state index is 10.2. The topological polar surface area (TPSA) is 61.7 Å². The molecule has 1 heterocycles. The molecule has 0 amide bonds. The molecule has 0 saturated carbocycles. The third-order valence-corrected chi connectivity index (χ3v) is 1.20. The first-order valence-corrected chi connectivity index (χ1v) is 2.80. The summed E-state index contributed by atoms with van der Waals surface area (Å²) in [5.74, 6) is -0.827. The smallest absolute Gasteiger partial charge is 0.327 e. The number of nitrogens with one attached hydrogen (secondary N) is 1. The Morgan fingerprint density at radius 1 is 1.89 bits per heavy atom. The highest BCUT2D eigenvalue weighted by molar-refractivity contribution is 5.75. The lowest BCUT2D eigenvalue weighted by molar-refractivity contribution is -0.139. The largest absolute Gasteiger partial charge is 0.480 e. The maximum atomic E-state index is 10.2. The van der Waals surface area contributed by atoms with Gasteiger partial charge in [-0.2, -0.15) is 5.10 Å². The van der Waals surface area contributed by atoms with Crippen LogP contribution in [0.1, 0.15) is 12.8 Å². The van der Waals surface area contributed by atoms with Crippen molar-refractivity contribution >= 4 is 12.2 Å². The van der Waals surface area contributed by atoms with Crippen molar-refractivity contribution in [2.24, 2.45) is 5.10 Å². The van der Waals surface area contributed by atoms with Gasteiger partial charge in [0.05, 0.1) is 0 Å². The van der Waals surface area contributed by atoms with Gasteiger partial charge in [-0.15, -0.1) is 0 Å². The molecule has 1 rings (SSSR count). The normalized spacial score (nSPS) is 25.1. The molecule has 1 aliphatic rings. The van der Waals surface area contributed by atoms with E-state index in [4.69, 9.17) is 5.11 Å². The van der Waals surface area contributed by atoms with Gasteiger partial charge in [0.15, 0.2) is 0 Å². The van der Waals surface area contributed by atoms with E-state index < -0.39 is 12.0 Å². The molecule has 4 heteroatoms. The van der Waals surface area contributed by atoms with Gasteiger partial charge in [0, 0.05) is 6.21 Å². The average molecular weight is 128 g/mol. The maximum Gasteiger partial charge on any atom is 0.327 e. The molecule has 4 nitrogen and oxygen atoms in total. The first-order chi connectivity index (χ1) is 4.30. The van der Waals surface area contributed by atoms with Crippen molar-refractivity contribution in [3.8, 4) is 0 Å². The van der Waals surface area contributed by atoms with Crippen LogP contribution in [0.25, 0.3) is 0 Å². The average Bonchev–Trinajstić information content (AvgIpc) is 1.90. The van der Waals surface area contributed by atoms with Crippen molar-refractivity contribution in [2.75, 3.05) is 0 Å². The van der Waals surface area contributed by atoms with Gasteiger partial charge >= 0.3 is 5.97 Å². The zero-order chi connectivity index (χ0) is 6.69. The summed E-state index contributed by atoms with van der Waals surface area (Å²) in [5.41, 5.74) is 2.49. The van der Waals surface area contributed by atoms with Crippen LogP contribution in [-0.4, -0.2) is 23.3 Å². The number of carboxylic acids is 1. The quantitative estimate of drug-likeness (QED) is 0.514. The summed E-state index contributed by atoms with van der Waals surface area (Å²) in [6, 6.07) is -0.477. The molecule has 1 aliphatic heterocycles. The second kappa shape index (κ2) is 2.48. The lowest BCUT2D eigenvalue weighted by Crippen LogP contribution is -2.35. The van der Waals surface area contributed by atoms with E-state index >= 15 is 0 Å². The fourth-order valence-electron chi connectivity index (χ4n) is 0.692. The molecule has 0 aromatic carbocycles. The molecule has 0 bridgehead atoms. The van der Waals surface area contributed by atoms with Crippen molar-refractivity contribution in [1.29, 1.82) is 0 Å². The van der Waals surface area contributed by atoms with Gasteiger partial charge in [0.1, 0.15) is 6.04 Å². The highest BCUT2D eigenvalue weighted by Gasteiger charge is 2.16. The Morgan fingerprint density at radius 3 is 3.00 bits per heavy atom. The summed E-state index contributed by atoms with van der Waals surface area (Å²) in [7, 11) is 0. The Balaban J connectivity index is 2.44. The summed E-state index contributed by atoms with van der Waals surface area (Å²) < 4.78 is 0. The number of hydrogen-bond donors (Lipinski definition) is 2. The third kappa shape index (κ3) is 1.42. The summed E-state index contributed by atoms with van der Waals surface area (Å²) in [5, 5.41) is 12.0. The van der Waals surface area contributed by atoms with Gasteiger partial charge in [-0.1, -0.05) is 0 Å². The number of hydrazone groups is 1. The fraction of sp³-hybridized carbons (Fsp3) is 0.600. The SMILES string of the molecule is O=C(O)[C@H]1CCC=NN1. The predicted octanol–water partition coefficient (Wildman–Crippen LogP) is -0.191. The van der Waals surface area contributed by atoms with Gasteiger partial charge in [0.25, 0.3) is 0 Å². The number of carbonyl (C=O) groups is 1. The van der Waals surface area contributed by atoms with Crippen molar-refractivity contribution in [1.82, 2.24) is 5.43 Å². The standard InChI is InChI=1S/C5H8N2O2/c8-5(9)4-2-1-3-6-7-4/h3-4,7H,1-2H2,(H,8,9)/t4-/m1/s1. The lowest BCUT2D eigenvalue weighted by atomic mass is 10.1. The molecular weight excluding hydrogens is 120 g/mol. The molecule has 9 heavy (non-hydrogen) atoms. The molecular formula is C5H8N2O2. The number of carboxylic acid groups (broad SMARTS) is 1. The van der Waals surface area contributed by atoms with Crippen LogP contribution in [0.3, 0.4) is 0 Å². The molecule has 1 atom stereocenters. The van der Waals surface area contributed by atoms with Crippen LogP contribution in [0.4, 0.5) is 0 Å². The van der Waals surface area contributed by atoms with E-state index in [1.165, 1.54) is 0 Å². The summed E-state index contributed by atoms with van der Waals surface area (Å²) >= 11 is 0. The Morgan fingerprint density at radius 2 is 2.67 bits per heavy atom. The van der Waals surface area contributed by atoms with Crippen LogP contribution in [0.15, 0.2) is 5.10 Å². The van der Waals surface area contributed by atoms with Gasteiger partial charge in [-0.3, -0.25) is 5.43 Å². The van der Waals surface area contributed by atoms with E-state index in [0.29, 0.717) is 6.42 Å². The highest BCUT2D eigenvalue weighted by Crippen LogP contribution is 1.99. The first kappa shape index (κ1) is 6.07. The Hall–Kier alpha value is -1.06.